The van der Waals surface area contributed by atoms with Gasteiger partial charge in [-0.15, -0.1) is 11.8 Å². The molecule has 0 unspecified atom stereocenters. The van der Waals surface area contributed by atoms with E-state index in [1.165, 1.54) is 5.56 Å². The second-order valence-electron chi connectivity index (χ2n) is 6.74. The number of aryl methyl sites for hydroxylation is 1. The Balaban J connectivity index is 1.93. The molecule has 0 aliphatic carbocycles. The molecule has 2 aromatic carbocycles. The highest BCUT2D eigenvalue weighted by molar-refractivity contribution is 7.99. The summed E-state index contributed by atoms with van der Waals surface area (Å²) in [6.07, 6.45) is 0.886. The predicted molar refractivity (Wildman–Crippen MR) is 114 cm³/mol. The Hall–Kier alpha value is -2.27. The van der Waals surface area contributed by atoms with Crippen molar-refractivity contribution in [3.8, 4) is 0 Å². The van der Waals surface area contributed by atoms with E-state index in [0.717, 1.165) is 23.4 Å². The van der Waals surface area contributed by atoms with E-state index in [4.69, 9.17) is 0 Å². The number of carbonyl (C=O) groups excluding carboxylic acids is 2. The van der Waals surface area contributed by atoms with E-state index in [0.29, 0.717) is 5.56 Å². The molecule has 27 heavy (non-hydrogen) atoms. The minimum absolute atomic E-state index is 0.0316. The van der Waals surface area contributed by atoms with E-state index in [1.54, 1.807) is 23.9 Å². The molecular formula is C22H28N2O2S. The lowest BCUT2D eigenvalue weighted by Crippen LogP contribution is -2.32. The van der Waals surface area contributed by atoms with Crippen LogP contribution in [-0.4, -0.2) is 23.1 Å². The number of thioether (sulfide) groups is 1. The van der Waals surface area contributed by atoms with Gasteiger partial charge in [-0.1, -0.05) is 37.3 Å². The highest BCUT2D eigenvalue weighted by Gasteiger charge is 2.16. The fourth-order valence-corrected chi connectivity index (χ4v) is 3.31. The highest BCUT2D eigenvalue weighted by atomic mass is 32.2. The maximum atomic E-state index is 12.5. The first kappa shape index (κ1) is 21.0. The van der Waals surface area contributed by atoms with Crippen molar-refractivity contribution in [1.82, 2.24) is 5.32 Å². The van der Waals surface area contributed by atoms with Crippen LogP contribution in [0.2, 0.25) is 0 Å². The standard InChI is InChI=1S/C22H28N2O2S/c1-5-16(3)23-22(26)19-11-12-20(15(2)13-19)24-21(25)17(4)27-14-18-9-7-6-8-10-18/h6-13,16-17H,5,14H2,1-4H3,(H,23,26)(H,24,25)/t16-,17-/m0/s1. The van der Waals surface area contributed by atoms with Gasteiger partial charge in [0, 0.05) is 23.0 Å². The van der Waals surface area contributed by atoms with Crippen LogP contribution in [-0.2, 0) is 10.5 Å². The van der Waals surface area contributed by atoms with Crippen LogP contribution in [0.4, 0.5) is 5.69 Å². The highest BCUT2D eigenvalue weighted by Crippen LogP contribution is 2.21. The molecule has 2 aromatic rings. The van der Waals surface area contributed by atoms with Gasteiger partial charge in [-0.3, -0.25) is 9.59 Å². The first-order valence-electron chi connectivity index (χ1n) is 9.28. The van der Waals surface area contributed by atoms with E-state index in [1.807, 2.05) is 52.0 Å². The number of rotatable bonds is 8. The summed E-state index contributed by atoms with van der Waals surface area (Å²) < 4.78 is 0. The summed E-state index contributed by atoms with van der Waals surface area (Å²) in [4.78, 5) is 24.7. The molecule has 0 heterocycles. The van der Waals surface area contributed by atoms with Gasteiger partial charge >= 0.3 is 0 Å². The average Bonchev–Trinajstić information content (AvgIpc) is 2.68. The lowest BCUT2D eigenvalue weighted by atomic mass is 10.1. The average molecular weight is 385 g/mol. The molecule has 0 aliphatic heterocycles. The van der Waals surface area contributed by atoms with E-state index in [9.17, 15) is 9.59 Å². The summed E-state index contributed by atoms with van der Waals surface area (Å²) in [5, 5.41) is 5.76. The molecule has 4 nitrogen and oxygen atoms in total. The van der Waals surface area contributed by atoms with Crippen LogP contribution >= 0.6 is 11.8 Å². The van der Waals surface area contributed by atoms with Gasteiger partial charge in [-0.2, -0.15) is 0 Å². The van der Waals surface area contributed by atoms with E-state index in [-0.39, 0.29) is 23.1 Å². The minimum Gasteiger partial charge on any atom is -0.350 e. The van der Waals surface area contributed by atoms with Crippen LogP contribution < -0.4 is 10.6 Å². The molecule has 2 amide bonds. The van der Waals surface area contributed by atoms with Crippen LogP contribution in [0.1, 0.15) is 48.7 Å². The van der Waals surface area contributed by atoms with Gasteiger partial charge in [0.25, 0.3) is 5.91 Å². The van der Waals surface area contributed by atoms with Crippen molar-refractivity contribution in [2.45, 2.75) is 51.2 Å². The zero-order chi connectivity index (χ0) is 19.8. The van der Waals surface area contributed by atoms with Gasteiger partial charge in [-0.05, 0) is 56.5 Å². The first-order valence-corrected chi connectivity index (χ1v) is 10.3. The Kier molecular flexibility index (Phi) is 7.92. The summed E-state index contributed by atoms with van der Waals surface area (Å²) in [6.45, 7) is 7.82. The second kappa shape index (κ2) is 10.2. The van der Waals surface area contributed by atoms with Gasteiger partial charge in [-0.25, -0.2) is 0 Å². The molecule has 2 rings (SSSR count). The molecule has 0 spiro atoms. The fourth-order valence-electron chi connectivity index (χ4n) is 2.46. The third-order valence-electron chi connectivity index (χ3n) is 4.45. The van der Waals surface area contributed by atoms with Gasteiger partial charge in [0.2, 0.25) is 5.91 Å². The molecule has 0 saturated carbocycles. The van der Waals surface area contributed by atoms with E-state index in [2.05, 4.69) is 22.8 Å². The van der Waals surface area contributed by atoms with Crippen LogP contribution in [0.3, 0.4) is 0 Å². The quantitative estimate of drug-likeness (QED) is 0.688. The smallest absolute Gasteiger partial charge is 0.251 e. The number of hydrogen-bond donors (Lipinski definition) is 2. The Morgan fingerprint density at radius 2 is 1.78 bits per heavy atom. The van der Waals surface area contributed by atoms with Gasteiger partial charge < -0.3 is 10.6 Å². The van der Waals surface area contributed by atoms with E-state index >= 15 is 0 Å². The zero-order valence-corrected chi connectivity index (χ0v) is 17.2. The zero-order valence-electron chi connectivity index (χ0n) is 16.4. The molecule has 0 saturated heterocycles. The van der Waals surface area contributed by atoms with E-state index < -0.39 is 0 Å². The van der Waals surface area contributed by atoms with Gasteiger partial charge in [0.15, 0.2) is 0 Å². The van der Waals surface area contributed by atoms with Crippen molar-refractivity contribution < 1.29 is 9.59 Å². The van der Waals surface area contributed by atoms with Crippen molar-refractivity contribution in [3.05, 3.63) is 65.2 Å². The summed E-state index contributed by atoms with van der Waals surface area (Å²) >= 11 is 1.60. The molecule has 0 fully saturated rings. The minimum atomic E-state index is -0.169. The Morgan fingerprint density at radius 1 is 1.07 bits per heavy atom. The number of carbonyl (C=O) groups is 2. The maximum absolute atomic E-state index is 12.5. The topological polar surface area (TPSA) is 58.2 Å². The summed E-state index contributed by atoms with van der Waals surface area (Å²) in [6, 6.07) is 15.6. The number of nitrogens with one attached hydrogen (secondary N) is 2. The second-order valence-corrected chi connectivity index (χ2v) is 8.07. The predicted octanol–water partition coefficient (Wildman–Crippen LogP) is 4.78. The van der Waals surface area contributed by atoms with Gasteiger partial charge in [0.05, 0.1) is 5.25 Å². The Morgan fingerprint density at radius 3 is 2.41 bits per heavy atom. The molecule has 0 aromatic heterocycles. The summed E-state index contributed by atoms with van der Waals surface area (Å²) in [5.74, 6) is 0.677. The third kappa shape index (κ3) is 6.43. The van der Waals surface area contributed by atoms with Crippen molar-refractivity contribution in [2.24, 2.45) is 0 Å². The van der Waals surface area contributed by atoms with Crippen molar-refractivity contribution >= 4 is 29.3 Å². The van der Waals surface area contributed by atoms with Crippen molar-refractivity contribution in [1.29, 1.82) is 0 Å². The van der Waals surface area contributed by atoms with Crippen LogP contribution in [0.15, 0.2) is 48.5 Å². The first-order chi connectivity index (χ1) is 12.9. The van der Waals surface area contributed by atoms with Crippen LogP contribution in [0.25, 0.3) is 0 Å². The SMILES string of the molecule is CC[C@H](C)NC(=O)c1ccc(NC(=O)[C@H](C)SCc2ccccc2)c(C)c1. The molecule has 0 radical (unpaired) electrons. The lowest BCUT2D eigenvalue weighted by molar-refractivity contribution is -0.115. The van der Waals surface area contributed by atoms with Crippen LogP contribution in [0, 0.1) is 6.92 Å². The van der Waals surface area contributed by atoms with Gasteiger partial charge in [0.1, 0.15) is 0 Å². The molecule has 5 heteroatoms. The summed E-state index contributed by atoms with van der Waals surface area (Å²) in [5.41, 5.74) is 3.43. The third-order valence-corrected chi connectivity index (χ3v) is 5.66. The fraction of sp³-hybridized carbons (Fsp3) is 0.364. The number of benzene rings is 2. The lowest BCUT2D eigenvalue weighted by Gasteiger charge is -2.15. The number of anilines is 1. The van der Waals surface area contributed by atoms with Crippen molar-refractivity contribution in [3.63, 3.8) is 0 Å². The number of hydrogen-bond acceptors (Lipinski definition) is 3. The molecule has 144 valence electrons. The molecule has 2 atom stereocenters. The Labute approximate surface area is 166 Å². The van der Waals surface area contributed by atoms with Crippen LogP contribution in [0.5, 0.6) is 0 Å². The number of amides is 2. The maximum Gasteiger partial charge on any atom is 0.251 e. The normalized spacial score (nSPS) is 12.9. The molecule has 0 bridgehead atoms. The molecule has 0 aliphatic rings. The molecular weight excluding hydrogens is 356 g/mol. The molecule has 2 N–H and O–H groups in total. The Bertz CT molecular complexity index is 777. The largest absolute Gasteiger partial charge is 0.350 e. The van der Waals surface area contributed by atoms with Crippen molar-refractivity contribution in [2.75, 3.05) is 5.32 Å². The monoisotopic (exact) mass is 384 g/mol. The summed E-state index contributed by atoms with van der Waals surface area (Å²) in [7, 11) is 0.